The van der Waals surface area contributed by atoms with Crippen molar-refractivity contribution in [3.8, 4) is 0 Å². The molecule has 1 fully saturated rings. The van der Waals surface area contributed by atoms with Crippen molar-refractivity contribution in [1.29, 1.82) is 0 Å². The maximum Gasteiger partial charge on any atom is 0.339 e. The average Bonchev–Trinajstić information content (AvgIpc) is 2.52. The zero-order valence-corrected chi connectivity index (χ0v) is 12.8. The summed E-state index contributed by atoms with van der Waals surface area (Å²) < 4.78 is 4.75. The standard InChI is InChI=1S/C16H24N2O3/c1-12-14(16(20)21-2)8-9-15(17-12)18(10-11-19)13-6-4-3-5-7-13/h8-9,13,19H,3-7,10-11H2,1-2H3. The molecule has 2 rings (SSSR count). The highest BCUT2D eigenvalue weighted by Crippen LogP contribution is 2.26. The largest absolute Gasteiger partial charge is 0.465 e. The number of carbonyl (C=O) groups excluding carboxylic acids is 1. The number of anilines is 1. The molecule has 0 atom stereocenters. The molecule has 0 bridgehead atoms. The Morgan fingerprint density at radius 1 is 1.38 bits per heavy atom. The Balaban J connectivity index is 2.23. The van der Waals surface area contributed by atoms with Crippen molar-refractivity contribution < 1.29 is 14.6 Å². The van der Waals surface area contributed by atoms with Crippen LogP contribution in [0.3, 0.4) is 0 Å². The molecule has 1 aromatic heterocycles. The van der Waals surface area contributed by atoms with E-state index < -0.39 is 0 Å². The van der Waals surface area contributed by atoms with Crippen molar-refractivity contribution >= 4 is 11.8 Å². The van der Waals surface area contributed by atoms with Gasteiger partial charge in [0, 0.05) is 12.6 Å². The lowest BCUT2D eigenvalue weighted by atomic mass is 9.94. The zero-order valence-electron chi connectivity index (χ0n) is 12.8. The van der Waals surface area contributed by atoms with Crippen LogP contribution in [0.1, 0.15) is 48.2 Å². The number of hydrogen-bond acceptors (Lipinski definition) is 5. The predicted octanol–water partition coefficient (Wildman–Crippen LogP) is 2.31. The van der Waals surface area contributed by atoms with E-state index in [1.165, 1.54) is 26.4 Å². The quantitative estimate of drug-likeness (QED) is 0.844. The number of carbonyl (C=O) groups is 1. The Bertz CT molecular complexity index is 484. The molecule has 1 heterocycles. The van der Waals surface area contributed by atoms with Gasteiger partial charge < -0.3 is 14.7 Å². The fourth-order valence-electron chi connectivity index (χ4n) is 3.02. The molecule has 1 N–H and O–H groups in total. The van der Waals surface area contributed by atoms with Gasteiger partial charge in [0.2, 0.25) is 0 Å². The molecule has 116 valence electrons. The van der Waals surface area contributed by atoms with E-state index in [-0.39, 0.29) is 12.6 Å². The van der Waals surface area contributed by atoms with Crippen molar-refractivity contribution in [3.05, 3.63) is 23.4 Å². The van der Waals surface area contributed by atoms with Gasteiger partial charge in [-0.05, 0) is 31.9 Å². The molecule has 0 radical (unpaired) electrons. The number of aliphatic hydroxyl groups excluding tert-OH is 1. The number of hydrogen-bond donors (Lipinski definition) is 1. The molecule has 0 unspecified atom stereocenters. The van der Waals surface area contributed by atoms with Crippen LogP contribution in [0.25, 0.3) is 0 Å². The van der Waals surface area contributed by atoms with E-state index in [1.54, 1.807) is 6.07 Å². The molecule has 5 nitrogen and oxygen atoms in total. The number of esters is 1. The van der Waals surface area contributed by atoms with E-state index in [4.69, 9.17) is 4.74 Å². The van der Waals surface area contributed by atoms with Crippen molar-refractivity contribution in [2.75, 3.05) is 25.2 Å². The Morgan fingerprint density at radius 3 is 2.67 bits per heavy atom. The van der Waals surface area contributed by atoms with Crippen LogP contribution in [-0.2, 0) is 4.74 Å². The number of rotatable bonds is 5. The summed E-state index contributed by atoms with van der Waals surface area (Å²) in [5.41, 5.74) is 1.16. The number of aromatic nitrogens is 1. The summed E-state index contributed by atoms with van der Waals surface area (Å²) in [5.74, 6) is 0.471. The molecule has 0 aliphatic heterocycles. The lowest BCUT2D eigenvalue weighted by Crippen LogP contribution is -2.39. The molecule has 0 spiro atoms. The summed E-state index contributed by atoms with van der Waals surface area (Å²) in [6.45, 7) is 2.50. The summed E-state index contributed by atoms with van der Waals surface area (Å²) in [4.78, 5) is 18.4. The molecule has 1 saturated carbocycles. The van der Waals surface area contributed by atoms with Gasteiger partial charge in [-0.15, -0.1) is 0 Å². The summed E-state index contributed by atoms with van der Waals surface area (Å²) in [7, 11) is 1.37. The van der Waals surface area contributed by atoms with Gasteiger partial charge in [0.15, 0.2) is 0 Å². The van der Waals surface area contributed by atoms with E-state index in [0.717, 1.165) is 18.7 Å². The van der Waals surface area contributed by atoms with Gasteiger partial charge in [0.1, 0.15) is 5.82 Å². The first-order chi connectivity index (χ1) is 10.2. The first-order valence-electron chi connectivity index (χ1n) is 7.61. The Hall–Kier alpha value is -1.62. The van der Waals surface area contributed by atoms with Crippen molar-refractivity contribution in [2.45, 2.75) is 45.1 Å². The van der Waals surface area contributed by atoms with Crippen LogP contribution in [0.15, 0.2) is 12.1 Å². The van der Waals surface area contributed by atoms with E-state index in [1.807, 2.05) is 13.0 Å². The molecule has 0 saturated heterocycles. The van der Waals surface area contributed by atoms with E-state index in [9.17, 15) is 9.90 Å². The Kier molecular flexibility index (Phi) is 5.56. The Labute approximate surface area is 125 Å². The van der Waals surface area contributed by atoms with Gasteiger partial charge in [0.25, 0.3) is 0 Å². The summed E-state index contributed by atoms with van der Waals surface area (Å²) >= 11 is 0. The maximum atomic E-state index is 11.6. The number of pyridine rings is 1. The van der Waals surface area contributed by atoms with Gasteiger partial charge in [-0.1, -0.05) is 19.3 Å². The Morgan fingerprint density at radius 2 is 2.10 bits per heavy atom. The van der Waals surface area contributed by atoms with Crippen LogP contribution in [-0.4, -0.2) is 42.4 Å². The van der Waals surface area contributed by atoms with Crippen LogP contribution in [0, 0.1) is 6.92 Å². The van der Waals surface area contributed by atoms with Crippen molar-refractivity contribution in [3.63, 3.8) is 0 Å². The van der Waals surface area contributed by atoms with Gasteiger partial charge in [0.05, 0.1) is 25.0 Å². The fraction of sp³-hybridized carbons (Fsp3) is 0.625. The fourth-order valence-corrected chi connectivity index (χ4v) is 3.02. The highest BCUT2D eigenvalue weighted by molar-refractivity contribution is 5.90. The molecule has 0 aromatic carbocycles. The maximum absolute atomic E-state index is 11.6. The van der Waals surface area contributed by atoms with Crippen molar-refractivity contribution in [1.82, 2.24) is 4.98 Å². The molecular formula is C16H24N2O3. The highest BCUT2D eigenvalue weighted by Gasteiger charge is 2.23. The average molecular weight is 292 g/mol. The number of methoxy groups -OCH3 is 1. The molecule has 5 heteroatoms. The second-order valence-corrected chi connectivity index (χ2v) is 5.50. The third-order valence-electron chi connectivity index (χ3n) is 4.13. The molecule has 21 heavy (non-hydrogen) atoms. The lowest BCUT2D eigenvalue weighted by molar-refractivity contribution is 0.0599. The smallest absolute Gasteiger partial charge is 0.339 e. The summed E-state index contributed by atoms with van der Waals surface area (Å²) in [5, 5.41) is 9.34. The molecule has 1 aliphatic carbocycles. The van der Waals surface area contributed by atoms with Crippen LogP contribution < -0.4 is 4.90 Å². The second-order valence-electron chi connectivity index (χ2n) is 5.50. The number of ether oxygens (including phenoxy) is 1. The molecule has 0 amide bonds. The predicted molar refractivity (Wildman–Crippen MR) is 81.6 cm³/mol. The third-order valence-corrected chi connectivity index (χ3v) is 4.13. The van der Waals surface area contributed by atoms with Crippen LogP contribution in [0.5, 0.6) is 0 Å². The van der Waals surface area contributed by atoms with Gasteiger partial charge in [-0.2, -0.15) is 0 Å². The zero-order chi connectivity index (χ0) is 15.2. The lowest BCUT2D eigenvalue weighted by Gasteiger charge is -2.35. The van der Waals surface area contributed by atoms with Crippen molar-refractivity contribution in [2.24, 2.45) is 0 Å². The normalized spacial score (nSPS) is 15.8. The monoisotopic (exact) mass is 292 g/mol. The van der Waals surface area contributed by atoms with Crippen LogP contribution in [0.4, 0.5) is 5.82 Å². The minimum atomic E-state index is -0.363. The number of aryl methyl sites for hydroxylation is 1. The highest BCUT2D eigenvalue weighted by atomic mass is 16.5. The molecular weight excluding hydrogens is 268 g/mol. The van der Waals surface area contributed by atoms with E-state index in [0.29, 0.717) is 23.8 Å². The first kappa shape index (κ1) is 15.8. The number of nitrogens with zero attached hydrogens (tertiary/aromatic N) is 2. The third kappa shape index (κ3) is 3.73. The van der Waals surface area contributed by atoms with Gasteiger partial charge in [-0.3, -0.25) is 0 Å². The van der Waals surface area contributed by atoms with Gasteiger partial charge in [-0.25, -0.2) is 9.78 Å². The van der Waals surface area contributed by atoms with Crippen LogP contribution >= 0.6 is 0 Å². The topological polar surface area (TPSA) is 62.7 Å². The minimum Gasteiger partial charge on any atom is -0.465 e. The second kappa shape index (κ2) is 7.41. The first-order valence-corrected chi connectivity index (χ1v) is 7.61. The van der Waals surface area contributed by atoms with Crippen LogP contribution in [0.2, 0.25) is 0 Å². The summed E-state index contributed by atoms with van der Waals surface area (Å²) in [6.07, 6.45) is 6.02. The number of aliphatic hydroxyl groups is 1. The SMILES string of the molecule is COC(=O)c1ccc(N(CCO)C2CCCCC2)nc1C. The molecule has 1 aliphatic rings. The minimum absolute atomic E-state index is 0.107. The van der Waals surface area contributed by atoms with E-state index in [2.05, 4.69) is 9.88 Å². The van der Waals surface area contributed by atoms with Gasteiger partial charge >= 0.3 is 5.97 Å². The van der Waals surface area contributed by atoms with E-state index >= 15 is 0 Å². The molecule has 1 aromatic rings. The summed E-state index contributed by atoms with van der Waals surface area (Å²) in [6, 6.07) is 4.04.